The number of likely N-dealkylation sites (N-methyl/N-ethyl adjacent to an activating group) is 1. The molecule has 1 aromatic rings. The maximum atomic E-state index is 5.83. The molecule has 0 aromatic heterocycles. The number of hydrogen-bond donors (Lipinski definition) is 2. The first-order chi connectivity index (χ1) is 14.7. The van der Waals surface area contributed by atoms with Gasteiger partial charge in [-0.1, -0.05) is 12.1 Å². The van der Waals surface area contributed by atoms with Crippen LogP contribution in [0.1, 0.15) is 31.7 Å². The number of benzene rings is 1. The van der Waals surface area contributed by atoms with Gasteiger partial charge in [-0.3, -0.25) is 0 Å². The Hall–Kier alpha value is -1.83. The first-order valence-corrected chi connectivity index (χ1v) is 11.2. The van der Waals surface area contributed by atoms with E-state index in [1.807, 2.05) is 26.2 Å². The molecule has 0 saturated carbocycles. The van der Waals surface area contributed by atoms with Gasteiger partial charge in [0.2, 0.25) is 0 Å². The zero-order valence-corrected chi connectivity index (χ0v) is 19.0. The number of nitrogens with one attached hydrogen (secondary N) is 2. The molecule has 2 N–H and O–H groups in total. The summed E-state index contributed by atoms with van der Waals surface area (Å²) in [5.41, 5.74) is 1.13. The van der Waals surface area contributed by atoms with Crippen LogP contribution in [-0.2, 0) is 16.0 Å². The van der Waals surface area contributed by atoms with E-state index in [9.17, 15) is 0 Å². The van der Waals surface area contributed by atoms with Crippen molar-refractivity contribution >= 4 is 5.96 Å². The van der Waals surface area contributed by atoms with Crippen molar-refractivity contribution in [1.82, 2.24) is 15.5 Å². The number of aliphatic imine (C=N–C) groups is 1. The van der Waals surface area contributed by atoms with Crippen molar-refractivity contribution in [3.05, 3.63) is 29.8 Å². The Morgan fingerprint density at radius 1 is 1.20 bits per heavy atom. The molecule has 7 heteroatoms. The Labute approximate surface area is 182 Å². The smallest absolute Gasteiger partial charge is 0.191 e. The fourth-order valence-electron chi connectivity index (χ4n) is 3.14. The molecule has 170 valence electrons. The van der Waals surface area contributed by atoms with E-state index in [0.29, 0.717) is 19.1 Å². The van der Waals surface area contributed by atoms with Crippen molar-refractivity contribution < 1.29 is 14.2 Å². The van der Waals surface area contributed by atoms with Gasteiger partial charge in [0, 0.05) is 46.1 Å². The summed E-state index contributed by atoms with van der Waals surface area (Å²) >= 11 is 0. The Bertz CT molecular complexity index is 604. The van der Waals surface area contributed by atoms with Gasteiger partial charge in [-0.15, -0.1) is 0 Å². The average molecular weight is 421 g/mol. The lowest BCUT2D eigenvalue weighted by molar-refractivity contribution is 0.0203. The molecule has 0 unspecified atom stereocenters. The highest BCUT2D eigenvalue weighted by Gasteiger charge is 2.13. The quantitative estimate of drug-likeness (QED) is 0.290. The summed E-state index contributed by atoms with van der Waals surface area (Å²) < 4.78 is 17.0. The second-order valence-electron chi connectivity index (χ2n) is 7.91. The zero-order valence-electron chi connectivity index (χ0n) is 19.0. The molecule has 1 heterocycles. The fourth-order valence-corrected chi connectivity index (χ4v) is 3.14. The highest BCUT2D eigenvalue weighted by molar-refractivity contribution is 5.79. The van der Waals surface area contributed by atoms with E-state index in [1.165, 1.54) is 0 Å². The normalized spacial score (nSPS) is 15.4. The van der Waals surface area contributed by atoms with Gasteiger partial charge >= 0.3 is 0 Å². The Kier molecular flexibility index (Phi) is 12.3. The number of guanidine groups is 1. The monoisotopic (exact) mass is 420 g/mol. The van der Waals surface area contributed by atoms with Crippen LogP contribution in [0.25, 0.3) is 0 Å². The number of ether oxygens (including phenoxy) is 3. The van der Waals surface area contributed by atoms with Crippen LogP contribution in [0.5, 0.6) is 5.75 Å². The van der Waals surface area contributed by atoms with Crippen LogP contribution >= 0.6 is 0 Å². The van der Waals surface area contributed by atoms with Crippen LogP contribution in [0.15, 0.2) is 29.3 Å². The first kappa shape index (κ1) is 24.4. The standard InChI is InChI=1S/C23H40N4O3/c1-4-24-23(25-11-6-13-29-19-20-9-14-28-15-10-20)26-18-21-7-5-8-22(17-21)30-16-12-27(2)3/h5,7-8,17,20H,4,6,9-16,18-19H2,1-3H3,(H2,24,25,26). The second kappa shape index (κ2) is 15.0. The molecule has 30 heavy (non-hydrogen) atoms. The summed E-state index contributed by atoms with van der Waals surface area (Å²) in [5.74, 6) is 2.39. The van der Waals surface area contributed by atoms with E-state index in [4.69, 9.17) is 19.2 Å². The Balaban J connectivity index is 1.67. The van der Waals surface area contributed by atoms with Crippen LogP contribution < -0.4 is 15.4 Å². The van der Waals surface area contributed by atoms with E-state index in [1.54, 1.807) is 0 Å². The molecule has 0 radical (unpaired) electrons. The SMILES string of the molecule is CCNC(=NCc1cccc(OCCN(C)C)c1)NCCCOCC1CCOCC1. The van der Waals surface area contributed by atoms with E-state index in [0.717, 1.165) is 82.6 Å². The highest BCUT2D eigenvalue weighted by Crippen LogP contribution is 2.15. The van der Waals surface area contributed by atoms with Crippen molar-refractivity contribution in [3.8, 4) is 5.75 Å². The molecule has 1 aliphatic heterocycles. The Morgan fingerprint density at radius 3 is 2.80 bits per heavy atom. The zero-order chi connectivity index (χ0) is 21.4. The lowest BCUT2D eigenvalue weighted by Crippen LogP contribution is -2.38. The molecule has 1 fully saturated rings. The second-order valence-corrected chi connectivity index (χ2v) is 7.91. The third-order valence-corrected chi connectivity index (χ3v) is 4.92. The van der Waals surface area contributed by atoms with Crippen molar-refractivity contribution in [1.29, 1.82) is 0 Å². The maximum absolute atomic E-state index is 5.83. The van der Waals surface area contributed by atoms with Crippen LogP contribution in [0, 0.1) is 5.92 Å². The molecule has 7 nitrogen and oxygen atoms in total. The fraction of sp³-hybridized carbons (Fsp3) is 0.696. The minimum atomic E-state index is 0.612. The van der Waals surface area contributed by atoms with Crippen LogP contribution in [0.2, 0.25) is 0 Å². The molecule has 0 atom stereocenters. The molecule has 1 aromatic carbocycles. The Morgan fingerprint density at radius 2 is 2.03 bits per heavy atom. The van der Waals surface area contributed by atoms with E-state index < -0.39 is 0 Å². The summed E-state index contributed by atoms with van der Waals surface area (Å²) in [6.45, 7) is 9.32. The van der Waals surface area contributed by atoms with Crippen LogP contribution in [-0.4, -0.2) is 77.6 Å². The minimum absolute atomic E-state index is 0.612. The van der Waals surface area contributed by atoms with Gasteiger partial charge in [0.1, 0.15) is 12.4 Å². The molecule has 1 saturated heterocycles. The largest absolute Gasteiger partial charge is 0.492 e. The third kappa shape index (κ3) is 10.8. The van der Waals surface area contributed by atoms with Gasteiger partial charge in [-0.2, -0.15) is 0 Å². The van der Waals surface area contributed by atoms with Gasteiger partial charge in [0.25, 0.3) is 0 Å². The third-order valence-electron chi connectivity index (χ3n) is 4.92. The number of rotatable bonds is 13. The van der Waals surface area contributed by atoms with Crippen molar-refractivity contribution in [3.63, 3.8) is 0 Å². The van der Waals surface area contributed by atoms with Crippen LogP contribution in [0.3, 0.4) is 0 Å². The van der Waals surface area contributed by atoms with Crippen molar-refractivity contribution in [2.75, 3.05) is 66.8 Å². The highest BCUT2D eigenvalue weighted by atomic mass is 16.5. The van der Waals surface area contributed by atoms with Crippen molar-refractivity contribution in [2.45, 2.75) is 32.7 Å². The predicted molar refractivity (Wildman–Crippen MR) is 122 cm³/mol. The minimum Gasteiger partial charge on any atom is -0.492 e. The maximum Gasteiger partial charge on any atom is 0.191 e. The predicted octanol–water partition coefficient (Wildman–Crippen LogP) is 2.52. The topological polar surface area (TPSA) is 67.4 Å². The van der Waals surface area contributed by atoms with Crippen LogP contribution in [0.4, 0.5) is 0 Å². The molecule has 0 bridgehead atoms. The van der Waals surface area contributed by atoms with E-state index >= 15 is 0 Å². The van der Waals surface area contributed by atoms with E-state index in [-0.39, 0.29) is 0 Å². The lowest BCUT2D eigenvalue weighted by Gasteiger charge is -2.21. The molecule has 0 amide bonds. The van der Waals surface area contributed by atoms with E-state index in [2.05, 4.69) is 34.6 Å². The number of nitrogens with zero attached hydrogens (tertiary/aromatic N) is 2. The summed E-state index contributed by atoms with van der Waals surface area (Å²) in [7, 11) is 4.09. The summed E-state index contributed by atoms with van der Waals surface area (Å²) in [6.07, 6.45) is 3.21. The number of hydrogen-bond acceptors (Lipinski definition) is 5. The summed E-state index contributed by atoms with van der Waals surface area (Å²) in [5, 5.41) is 6.70. The molecule has 0 aliphatic carbocycles. The van der Waals surface area contributed by atoms with Crippen molar-refractivity contribution in [2.24, 2.45) is 10.9 Å². The van der Waals surface area contributed by atoms with Gasteiger partial charge in [-0.05, 0) is 63.9 Å². The van der Waals surface area contributed by atoms with Gasteiger partial charge < -0.3 is 29.7 Å². The molecule has 2 rings (SSSR count). The van der Waals surface area contributed by atoms with Gasteiger partial charge in [0.05, 0.1) is 6.54 Å². The molecular formula is C23H40N4O3. The molecule has 0 spiro atoms. The van der Waals surface area contributed by atoms with Gasteiger partial charge in [0.15, 0.2) is 5.96 Å². The molecule has 1 aliphatic rings. The van der Waals surface area contributed by atoms with Gasteiger partial charge in [-0.25, -0.2) is 4.99 Å². The average Bonchev–Trinajstić information content (AvgIpc) is 2.75. The summed E-state index contributed by atoms with van der Waals surface area (Å²) in [6, 6.07) is 8.15. The summed E-state index contributed by atoms with van der Waals surface area (Å²) in [4.78, 5) is 6.81. The first-order valence-electron chi connectivity index (χ1n) is 11.2. The lowest BCUT2D eigenvalue weighted by atomic mass is 10.0. The molecular weight excluding hydrogens is 380 g/mol.